The standard InChI is InChI=1S/C19H25BrN2/c1-16-7-9-17(10-8-16)14-22(12-11-21(2)3)15-18-5-4-6-19(20)13-18/h4-10,13H,11-12,14-15H2,1-3H3. The molecule has 118 valence electrons. The van der Waals surface area contributed by atoms with Crippen LogP contribution in [0.2, 0.25) is 0 Å². The van der Waals surface area contributed by atoms with Gasteiger partial charge in [0.2, 0.25) is 0 Å². The van der Waals surface area contributed by atoms with Crippen LogP contribution in [0.25, 0.3) is 0 Å². The first-order valence-corrected chi connectivity index (χ1v) is 8.49. The average Bonchev–Trinajstić information content (AvgIpc) is 2.47. The second kappa shape index (κ2) is 8.47. The Morgan fingerprint density at radius 2 is 1.55 bits per heavy atom. The molecule has 0 aromatic heterocycles. The highest BCUT2D eigenvalue weighted by Crippen LogP contribution is 2.15. The fourth-order valence-corrected chi connectivity index (χ4v) is 2.85. The van der Waals surface area contributed by atoms with Gasteiger partial charge in [-0.05, 0) is 44.3 Å². The summed E-state index contributed by atoms with van der Waals surface area (Å²) in [6, 6.07) is 17.4. The van der Waals surface area contributed by atoms with Crippen molar-refractivity contribution < 1.29 is 0 Å². The minimum atomic E-state index is 0.973. The van der Waals surface area contributed by atoms with Crippen LogP contribution in [0, 0.1) is 6.92 Å². The predicted octanol–water partition coefficient (Wildman–Crippen LogP) is 4.32. The van der Waals surface area contributed by atoms with Crippen LogP contribution in [0.4, 0.5) is 0 Å². The quantitative estimate of drug-likeness (QED) is 0.725. The van der Waals surface area contributed by atoms with Crippen molar-refractivity contribution in [2.75, 3.05) is 27.2 Å². The summed E-state index contributed by atoms with van der Waals surface area (Å²) < 4.78 is 1.15. The van der Waals surface area contributed by atoms with E-state index >= 15 is 0 Å². The first-order valence-electron chi connectivity index (χ1n) is 7.70. The van der Waals surface area contributed by atoms with Gasteiger partial charge in [0.05, 0.1) is 0 Å². The van der Waals surface area contributed by atoms with Gasteiger partial charge in [-0.2, -0.15) is 0 Å². The molecule has 3 heteroatoms. The Balaban J connectivity index is 2.06. The van der Waals surface area contributed by atoms with Crippen LogP contribution < -0.4 is 0 Å². The molecule has 2 rings (SSSR count). The molecule has 0 N–H and O–H groups in total. The maximum Gasteiger partial charge on any atom is 0.0238 e. The number of halogens is 1. The van der Waals surface area contributed by atoms with Crippen LogP contribution >= 0.6 is 15.9 Å². The predicted molar refractivity (Wildman–Crippen MR) is 98.0 cm³/mol. The van der Waals surface area contributed by atoms with E-state index in [1.807, 2.05) is 0 Å². The van der Waals surface area contributed by atoms with Crippen LogP contribution in [0.3, 0.4) is 0 Å². The number of rotatable bonds is 7. The molecule has 2 aromatic rings. The molecule has 22 heavy (non-hydrogen) atoms. The Morgan fingerprint density at radius 1 is 0.864 bits per heavy atom. The van der Waals surface area contributed by atoms with E-state index in [1.165, 1.54) is 16.7 Å². The van der Waals surface area contributed by atoms with Crippen molar-refractivity contribution in [3.8, 4) is 0 Å². The molecule has 0 aliphatic rings. The van der Waals surface area contributed by atoms with Gasteiger partial charge in [0.1, 0.15) is 0 Å². The molecular weight excluding hydrogens is 336 g/mol. The van der Waals surface area contributed by atoms with Crippen LogP contribution in [-0.4, -0.2) is 37.0 Å². The molecule has 2 aromatic carbocycles. The average molecular weight is 361 g/mol. The molecule has 0 spiro atoms. The highest BCUT2D eigenvalue weighted by atomic mass is 79.9. The van der Waals surface area contributed by atoms with Crippen LogP contribution in [0.15, 0.2) is 53.0 Å². The van der Waals surface area contributed by atoms with E-state index in [4.69, 9.17) is 0 Å². The summed E-state index contributed by atoms with van der Waals surface area (Å²) in [6.07, 6.45) is 0. The third kappa shape index (κ3) is 5.91. The number of likely N-dealkylation sites (N-methyl/N-ethyl adjacent to an activating group) is 1. The van der Waals surface area contributed by atoms with Gasteiger partial charge in [0.25, 0.3) is 0 Å². The second-order valence-electron chi connectivity index (χ2n) is 6.13. The second-order valence-corrected chi connectivity index (χ2v) is 7.05. The summed E-state index contributed by atoms with van der Waals surface area (Å²) in [5, 5.41) is 0. The zero-order valence-electron chi connectivity index (χ0n) is 13.7. The zero-order chi connectivity index (χ0) is 15.9. The normalized spacial score (nSPS) is 11.4. The van der Waals surface area contributed by atoms with Crippen molar-refractivity contribution in [2.45, 2.75) is 20.0 Å². The molecular formula is C19H25BrN2. The van der Waals surface area contributed by atoms with Crippen molar-refractivity contribution in [3.05, 3.63) is 69.7 Å². The SMILES string of the molecule is Cc1ccc(CN(CCN(C)C)Cc2cccc(Br)c2)cc1. The molecule has 0 amide bonds. The summed E-state index contributed by atoms with van der Waals surface area (Å²) in [5.74, 6) is 0. The summed E-state index contributed by atoms with van der Waals surface area (Å²) >= 11 is 3.56. The van der Waals surface area contributed by atoms with Crippen molar-refractivity contribution in [2.24, 2.45) is 0 Å². The first kappa shape index (κ1) is 17.2. The lowest BCUT2D eigenvalue weighted by Crippen LogP contribution is -2.31. The molecule has 0 bridgehead atoms. The van der Waals surface area contributed by atoms with Gasteiger partial charge in [0.15, 0.2) is 0 Å². The van der Waals surface area contributed by atoms with Crippen LogP contribution in [0.5, 0.6) is 0 Å². The van der Waals surface area contributed by atoms with E-state index in [1.54, 1.807) is 0 Å². The van der Waals surface area contributed by atoms with Gasteiger partial charge in [-0.3, -0.25) is 4.90 Å². The van der Waals surface area contributed by atoms with Crippen molar-refractivity contribution in [1.82, 2.24) is 9.80 Å². The van der Waals surface area contributed by atoms with E-state index in [0.29, 0.717) is 0 Å². The summed E-state index contributed by atoms with van der Waals surface area (Å²) in [5.41, 5.74) is 4.04. The maximum absolute atomic E-state index is 3.56. The van der Waals surface area contributed by atoms with Crippen LogP contribution in [0.1, 0.15) is 16.7 Å². The Labute approximate surface area is 142 Å². The maximum atomic E-state index is 3.56. The number of hydrogen-bond donors (Lipinski definition) is 0. The number of hydrogen-bond acceptors (Lipinski definition) is 2. The molecule has 0 atom stereocenters. The number of benzene rings is 2. The minimum absolute atomic E-state index is 0.973. The topological polar surface area (TPSA) is 6.48 Å². The van der Waals surface area contributed by atoms with Crippen molar-refractivity contribution in [3.63, 3.8) is 0 Å². The van der Waals surface area contributed by atoms with E-state index in [0.717, 1.165) is 30.7 Å². The molecule has 0 aliphatic carbocycles. The monoisotopic (exact) mass is 360 g/mol. The van der Waals surface area contributed by atoms with Gasteiger partial charge in [-0.1, -0.05) is 57.9 Å². The zero-order valence-corrected chi connectivity index (χ0v) is 15.3. The van der Waals surface area contributed by atoms with E-state index in [-0.39, 0.29) is 0 Å². The van der Waals surface area contributed by atoms with E-state index in [9.17, 15) is 0 Å². The van der Waals surface area contributed by atoms with E-state index in [2.05, 4.69) is 95.3 Å². The van der Waals surface area contributed by atoms with Crippen LogP contribution in [-0.2, 0) is 13.1 Å². The molecule has 0 saturated heterocycles. The van der Waals surface area contributed by atoms with Gasteiger partial charge >= 0.3 is 0 Å². The number of aryl methyl sites for hydroxylation is 1. The molecule has 0 saturated carbocycles. The number of nitrogens with zero attached hydrogens (tertiary/aromatic N) is 2. The van der Waals surface area contributed by atoms with Gasteiger partial charge in [0, 0.05) is 30.7 Å². The highest BCUT2D eigenvalue weighted by Gasteiger charge is 2.08. The van der Waals surface area contributed by atoms with Crippen molar-refractivity contribution >= 4 is 15.9 Å². The smallest absolute Gasteiger partial charge is 0.0238 e. The molecule has 2 nitrogen and oxygen atoms in total. The third-order valence-corrected chi connectivity index (χ3v) is 4.18. The lowest BCUT2D eigenvalue weighted by molar-refractivity contribution is 0.226. The first-order chi connectivity index (χ1) is 10.5. The van der Waals surface area contributed by atoms with Gasteiger partial charge in [-0.25, -0.2) is 0 Å². The molecule has 0 aliphatic heterocycles. The van der Waals surface area contributed by atoms with Gasteiger partial charge < -0.3 is 4.90 Å². The molecule has 0 unspecified atom stereocenters. The summed E-state index contributed by atoms with van der Waals surface area (Å²) in [4.78, 5) is 4.75. The Kier molecular flexibility index (Phi) is 6.62. The fourth-order valence-electron chi connectivity index (χ4n) is 2.40. The third-order valence-electron chi connectivity index (χ3n) is 3.69. The molecule has 0 heterocycles. The lowest BCUT2D eigenvalue weighted by Gasteiger charge is -2.24. The van der Waals surface area contributed by atoms with E-state index < -0.39 is 0 Å². The summed E-state index contributed by atoms with van der Waals surface area (Å²) in [7, 11) is 4.26. The minimum Gasteiger partial charge on any atom is -0.308 e. The Bertz CT molecular complexity index is 578. The largest absolute Gasteiger partial charge is 0.308 e. The lowest BCUT2D eigenvalue weighted by atomic mass is 10.1. The molecule has 0 radical (unpaired) electrons. The van der Waals surface area contributed by atoms with Crippen molar-refractivity contribution in [1.29, 1.82) is 0 Å². The summed E-state index contributed by atoms with van der Waals surface area (Å²) in [6.45, 7) is 6.23. The van der Waals surface area contributed by atoms with Gasteiger partial charge in [-0.15, -0.1) is 0 Å². The molecule has 0 fully saturated rings. The Morgan fingerprint density at radius 3 is 2.18 bits per heavy atom. The highest BCUT2D eigenvalue weighted by molar-refractivity contribution is 9.10. The fraction of sp³-hybridized carbons (Fsp3) is 0.368. The Hall–Kier alpha value is -1.16.